The van der Waals surface area contributed by atoms with E-state index in [1.54, 1.807) is 0 Å². The van der Waals surface area contributed by atoms with Crippen molar-refractivity contribution >= 4 is 22.7 Å². The molecular formula is C20H21OP. The van der Waals surface area contributed by atoms with E-state index < -0.39 is 6.83 Å². The molecule has 2 heteroatoms. The Morgan fingerprint density at radius 2 is 0.818 bits per heavy atom. The van der Waals surface area contributed by atoms with Crippen molar-refractivity contribution in [2.45, 2.75) is 0 Å². The van der Waals surface area contributed by atoms with E-state index in [0.29, 0.717) is 0 Å². The first-order chi connectivity index (χ1) is 10.7. The Morgan fingerprint density at radius 3 is 1.05 bits per heavy atom. The Labute approximate surface area is 132 Å². The molecule has 0 amide bonds. The van der Waals surface area contributed by atoms with Gasteiger partial charge < -0.3 is 0 Å². The standard InChI is InChI=1S/C20H21OP/c1-21-22(2,18-12-6-3-7-13-18,19-14-8-4-9-15-19)20-16-10-5-11-17-20/h3-17H,1-2H3. The summed E-state index contributed by atoms with van der Waals surface area (Å²) in [6.07, 6.45) is 0. The summed E-state index contributed by atoms with van der Waals surface area (Å²) in [7, 11) is 1.84. The maximum absolute atomic E-state index is 6.41. The fourth-order valence-corrected chi connectivity index (χ4v) is 7.32. The van der Waals surface area contributed by atoms with Crippen LogP contribution in [-0.4, -0.2) is 13.8 Å². The molecule has 0 heterocycles. The summed E-state index contributed by atoms with van der Waals surface area (Å²) in [6.45, 7) is -0.617. The number of hydrogen-bond donors (Lipinski definition) is 0. The number of benzene rings is 3. The fourth-order valence-electron chi connectivity index (χ4n) is 3.12. The van der Waals surface area contributed by atoms with Gasteiger partial charge in [0.2, 0.25) is 0 Å². The van der Waals surface area contributed by atoms with Gasteiger partial charge in [-0.05, 0) is 0 Å². The minimum absolute atomic E-state index is 1.24. The molecule has 0 radical (unpaired) electrons. The van der Waals surface area contributed by atoms with Crippen LogP contribution in [0, 0.1) is 0 Å². The van der Waals surface area contributed by atoms with Gasteiger partial charge in [0.1, 0.15) is 0 Å². The monoisotopic (exact) mass is 308 g/mol. The quantitative estimate of drug-likeness (QED) is 0.668. The molecule has 0 unspecified atom stereocenters. The van der Waals surface area contributed by atoms with Crippen LogP contribution < -0.4 is 15.9 Å². The third-order valence-electron chi connectivity index (χ3n) is 4.59. The van der Waals surface area contributed by atoms with E-state index in [2.05, 4.69) is 97.7 Å². The van der Waals surface area contributed by atoms with E-state index in [4.69, 9.17) is 4.52 Å². The van der Waals surface area contributed by atoms with Crippen LogP contribution in [0.2, 0.25) is 0 Å². The molecular weight excluding hydrogens is 287 g/mol. The van der Waals surface area contributed by atoms with Crippen molar-refractivity contribution in [1.29, 1.82) is 0 Å². The van der Waals surface area contributed by atoms with Gasteiger partial charge in [0, 0.05) is 0 Å². The minimum atomic E-state index is -2.90. The first-order valence-corrected chi connectivity index (χ1v) is 10.0. The Morgan fingerprint density at radius 1 is 0.545 bits per heavy atom. The number of rotatable bonds is 4. The van der Waals surface area contributed by atoms with Crippen LogP contribution in [0.3, 0.4) is 0 Å². The molecule has 0 aliphatic heterocycles. The predicted octanol–water partition coefficient (Wildman–Crippen LogP) is 3.71. The zero-order valence-electron chi connectivity index (χ0n) is 13.0. The first-order valence-electron chi connectivity index (χ1n) is 7.44. The second kappa shape index (κ2) is 5.68. The Bertz CT molecular complexity index is 639. The zero-order valence-corrected chi connectivity index (χ0v) is 13.9. The van der Waals surface area contributed by atoms with Crippen LogP contribution in [0.1, 0.15) is 0 Å². The Balaban J connectivity index is 2.41. The molecule has 1 nitrogen and oxygen atoms in total. The van der Waals surface area contributed by atoms with Crippen molar-refractivity contribution in [2.24, 2.45) is 0 Å². The molecule has 0 saturated heterocycles. The third-order valence-corrected chi connectivity index (χ3v) is 10.1. The van der Waals surface area contributed by atoms with E-state index in [9.17, 15) is 0 Å². The van der Waals surface area contributed by atoms with Gasteiger partial charge in [-0.15, -0.1) is 0 Å². The van der Waals surface area contributed by atoms with Crippen LogP contribution in [0.15, 0.2) is 91.0 Å². The summed E-state index contributed by atoms with van der Waals surface area (Å²) in [5.41, 5.74) is 0. The van der Waals surface area contributed by atoms with E-state index in [0.717, 1.165) is 0 Å². The van der Waals surface area contributed by atoms with Gasteiger partial charge in [-0.1, -0.05) is 0 Å². The van der Waals surface area contributed by atoms with Crippen molar-refractivity contribution < 1.29 is 4.52 Å². The SMILES string of the molecule is COP(C)(c1ccccc1)(c1ccccc1)c1ccccc1. The molecule has 0 aliphatic rings. The molecule has 3 aromatic rings. The molecule has 0 N–H and O–H groups in total. The second-order valence-corrected chi connectivity index (χ2v) is 10.5. The summed E-state index contributed by atoms with van der Waals surface area (Å²) in [6, 6.07) is 31.8. The third kappa shape index (κ3) is 2.09. The van der Waals surface area contributed by atoms with Gasteiger partial charge in [-0.25, -0.2) is 0 Å². The molecule has 0 aromatic heterocycles. The molecule has 112 valence electrons. The molecule has 0 saturated carbocycles. The van der Waals surface area contributed by atoms with Crippen molar-refractivity contribution in [3.63, 3.8) is 0 Å². The Hall–Kier alpha value is -1.95. The summed E-state index contributed by atoms with van der Waals surface area (Å²) in [4.78, 5) is 0. The van der Waals surface area contributed by atoms with Gasteiger partial charge >= 0.3 is 132 Å². The molecule has 22 heavy (non-hydrogen) atoms. The zero-order chi connectivity index (χ0) is 15.5. The van der Waals surface area contributed by atoms with Crippen molar-refractivity contribution in [1.82, 2.24) is 0 Å². The molecule has 0 fully saturated rings. The van der Waals surface area contributed by atoms with Gasteiger partial charge in [0.05, 0.1) is 0 Å². The maximum atomic E-state index is 6.41. The van der Waals surface area contributed by atoms with Gasteiger partial charge in [0.25, 0.3) is 0 Å². The summed E-state index contributed by atoms with van der Waals surface area (Å²) >= 11 is 0. The average Bonchev–Trinajstić information content (AvgIpc) is 2.63. The van der Waals surface area contributed by atoms with Crippen LogP contribution in [0.4, 0.5) is 0 Å². The van der Waals surface area contributed by atoms with Crippen LogP contribution in [-0.2, 0) is 4.52 Å². The van der Waals surface area contributed by atoms with E-state index in [1.165, 1.54) is 15.9 Å². The predicted molar refractivity (Wildman–Crippen MR) is 98.1 cm³/mol. The van der Waals surface area contributed by atoms with Crippen LogP contribution in [0.5, 0.6) is 0 Å². The molecule has 0 bridgehead atoms. The van der Waals surface area contributed by atoms with Crippen molar-refractivity contribution in [2.75, 3.05) is 13.8 Å². The van der Waals surface area contributed by atoms with Crippen molar-refractivity contribution in [3.8, 4) is 0 Å². The summed E-state index contributed by atoms with van der Waals surface area (Å²) in [5.74, 6) is 0. The van der Waals surface area contributed by atoms with Gasteiger partial charge in [-0.3, -0.25) is 0 Å². The van der Waals surface area contributed by atoms with Gasteiger partial charge in [0.15, 0.2) is 0 Å². The Kier molecular flexibility index (Phi) is 3.87. The van der Waals surface area contributed by atoms with Gasteiger partial charge in [-0.2, -0.15) is 0 Å². The molecule has 0 atom stereocenters. The van der Waals surface area contributed by atoms with E-state index >= 15 is 0 Å². The number of hydrogen-bond acceptors (Lipinski definition) is 1. The second-order valence-electron chi connectivity index (χ2n) is 5.65. The normalized spacial score (nSPS) is 13.3. The molecule has 0 spiro atoms. The van der Waals surface area contributed by atoms with E-state index in [1.807, 2.05) is 7.11 Å². The first kappa shape index (κ1) is 15.0. The summed E-state index contributed by atoms with van der Waals surface area (Å²) < 4.78 is 6.41. The molecule has 3 rings (SSSR count). The topological polar surface area (TPSA) is 9.23 Å². The molecule has 3 aromatic carbocycles. The molecule has 0 aliphatic carbocycles. The van der Waals surface area contributed by atoms with Crippen LogP contribution >= 0.6 is 6.83 Å². The van der Waals surface area contributed by atoms with Crippen molar-refractivity contribution in [3.05, 3.63) is 91.0 Å². The average molecular weight is 308 g/mol. The summed E-state index contributed by atoms with van der Waals surface area (Å²) in [5, 5.41) is 3.73. The fraction of sp³-hybridized carbons (Fsp3) is 0.100. The van der Waals surface area contributed by atoms with Crippen LogP contribution in [0.25, 0.3) is 0 Å². The van der Waals surface area contributed by atoms with E-state index in [-0.39, 0.29) is 0 Å².